The van der Waals surface area contributed by atoms with Crippen LogP contribution in [-0.4, -0.2) is 36.6 Å². The fraction of sp³-hybridized carbons (Fsp3) is 0.182. The number of rotatable bonds is 7. The van der Waals surface area contributed by atoms with Gasteiger partial charge in [-0.15, -0.1) is 11.3 Å². The molecule has 8 nitrogen and oxygen atoms in total. The van der Waals surface area contributed by atoms with Crippen LogP contribution in [0.25, 0.3) is 32.4 Å². The van der Waals surface area contributed by atoms with Crippen LogP contribution in [0.4, 0.5) is 0 Å². The Balaban J connectivity index is 1.74. The minimum atomic E-state index is -4.08. The van der Waals surface area contributed by atoms with E-state index in [4.69, 9.17) is 9.52 Å². The Labute approximate surface area is 187 Å². The molecule has 0 radical (unpaired) electrons. The third kappa shape index (κ3) is 3.99. The topological polar surface area (TPSA) is 134 Å². The lowest BCUT2D eigenvalue weighted by Gasteiger charge is -2.17. The SMILES string of the molecule is CC(C)[C@H](NS(=O)(=O)c1ccc2c(c1)oc1ccc(-c3ccc(C(=O)O)s3)cc12)C(=O)O. The van der Waals surface area contributed by atoms with E-state index in [-0.39, 0.29) is 9.77 Å². The van der Waals surface area contributed by atoms with Crippen molar-refractivity contribution in [1.29, 1.82) is 0 Å². The first kappa shape index (κ1) is 22.0. The van der Waals surface area contributed by atoms with Gasteiger partial charge in [0.2, 0.25) is 10.0 Å². The molecule has 0 saturated heterocycles. The van der Waals surface area contributed by atoms with Crippen LogP contribution in [-0.2, 0) is 14.8 Å². The van der Waals surface area contributed by atoms with Crippen molar-refractivity contribution in [2.45, 2.75) is 24.8 Å². The third-order valence-corrected chi connectivity index (χ3v) is 7.63. The quantitative estimate of drug-likeness (QED) is 0.362. The Kier molecular flexibility index (Phi) is 5.53. The summed E-state index contributed by atoms with van der Waals surface area (Å²) >= 11 is 1.16. The lowest BCUT2D eigenvalue weighted by atomic mass is 10.1. The van der Waals surface area contributed by atoms with E-state index in [1.165, 1.54) is 12.1 Å². The molecule has 0 aliphatic rings. The number of carboxylic acids is 2. The number of thiophene rings is 1. The lowest BCUT2D eigenvalue weighted by molar-refractivity contribution is -0.140. The molecular weight excluding hydrogens is 454 g/mol. The van der Waals surface area contributed by atoms with Crippen LogP contribution in [0.5, 0.6) is 0 Å². The van der Waals surface area contributed by atoms with Crippen molar-refractivity contribution in [3.05, 3.63) is 53.4 Å². The van der Waals surface area contributed by atoms with Crippen LogP contribution in [0.2, 0.25) is 0 Å². The molecule has 0 fully saturated rings. The molecule has 10 heteroatoms. The first-order chi connectivity index (χ1) is 15.1. The normalized spacial score (nSPS) is 13.1. The predicted molar refractivity (Wildman–Crippen MR) is 121 cm³/mol. The summed E-state index contributed by atoms with van der Waals surface area (Å²) in [5, 5.41) is 19.9. The molecule has 2 aromatic heterocycles. The highest BCUT2D eigenvalue weighted by molar-refractivity contribution is 7.89. The fourth-order valence-electron chi connectivity index (χ4n) is 3.39. The molecule has 3 N–H and O–H groups in total. The van der Waals surface area contributed by atoms with Crippen molar-refractivity contribution in [1.82, 2.24) is 4.72 Å². The Morgan fingerprint density at radius 3 is 2.34 bits per heavy atom. The van der Waals surface area contributed by atoms with E-state index in [2.05, 4.69) is 4.72 Å². The van der Waals surface area contributed by atoms with E-state index in [1.54, 1.807) is 38.1 Å². The number of hydrogen-bond donors (Lipinski definition) is 3. The van der Waals surface area contributed by atoms with Crippen LogP contribution < -0.4 is 4.72 Å². The molecular formula is C22H19NO7S2. The zero-order valence-electron chi connectivity index (χ0n) is 17.0. The van der Waals surface area contributed by atoms with Crippen molar-refractivity contribution in [2.24, 2.45) is 5.92 Å². The molecule has 0 unspecified atom stereocenters. The summed E-state index contributed by atoms with van der Waals surface area (Å²) in [5.74, 6) is -2.67. The number of nitrogens with one attached hydrogen (secondary N) is 1. The fourth-order valence-corrected chi connectivity index (χ4v) is 5.59. The summed E-state index contributed by atoms with van der Waals surface area (Å²) in [5.41, 5.74) is 1.71. The minimum absolute atomic E-state index is 0.0967. The molecule has 0 bridgehead atoms. The van der Waals surface area contributed by atoms with Gasteiger partial charge in [0.05, 0.1) is 4.90 Å². The van der Waals surface area contributed by atoms with E-state index in [0.717, 1.165) is 27.2 Å². The van der Waals surface area contributed by atoms with E-state index < -0.39 is 33.9 Å². The molecule has 2 aromatic carbocycles. The van der Waals surface area contributed by atoms with Gasteiger partial charge in [0, 0.05) is 21.7 Å². The van der Waals surface area contributed by atoms with Crippen molar-refractivity contribution in [3.63, 3.8) is 0 Å². The van der Waals surface area contributed by atoms with E-state index >= 15 is 0 Å². The molecule has 0 aliphatic carbocycles. The Bertz CT molecular complexity index is 1460. The standard InChI is InChI=1S/C22H19NO7S2/c1-11(2)20(22(26)27)23-32(28,29)13-4-5-14-15-9-12(3-6-16(15)30-17(14)10-13)18-7-8-19(31-18)21(24)25/h3-11,20,23H,1-2H3,(H,24,25)(H,26,27)/t20-/m0/s1. The maximum absolute atomic E-state index is 12.7. The van der Waals surface area contributed by atoms with Crippen LogP contribution in [0.1, 0.15) is 23.5 Å². The van der Waals surface area contributed by atoms with Crippen molar-refractivity contribution in [2.75, 3.05) is 0 Å². The van der Waals surface area contributed by atoms with Gasteiger partial charge in [0.25, 0.3) is 0 Å². The van der Waals surface area contributed by atoms with Crippen LogP contribution in [0.15, 0.2) is 57.8 Å². The summed E-state index contributed by atoms with van der Waals surface area (Å²) < 4.78 is 33.5. The molecule has 2 heterocycles. The second-order valence-corrected chi connectivity index (χ2v) is 10.4. The average Bonchev–Trinajstić information content (AvgIpc) is 3.35. The monoisotopic (exact) mass is 473 g/mol. The van der Waals surface area contributed by atoms with Gasteiger partial charge in [-0.1, -0.05) is 13.8 Å². The van der Waals surface area contributed by atoms with Gasteiger partial charge in [0.1, 0.15) is 22.1 Å². The van der Waals surface area contributed by atoms with Gasteiger partial charge in [0.15, 0.2) is 0 Å². The number of carbonyl (C=O) groups is 2. The van der Waals surface area contributed by atoms with Crippen molar-refractivity contribution in [3.8, 4) is 10.4 Å². The average molecular weight is 474 g/mol. The van der Waals surface area contributed by atoms with Gasteiger partial charge < -0.3 is 14.6 Å². The summed E-state index contributed by atoms with van der Waals surface area (Å²) in [4.78, 5) is 23.5. The number of fused-ring (bicyclic) bond motifs is 3. The number of aromatic carboxylic acids is 1. The largest absolute Gasteiger partial charge is 0.480 e. The second kappa shape index (κ2) is 8.05. The Morgan fingerprint density at radius 1 is 0.969 bits per heavy atom. The third-order valence-electron chi connectivity index (χ3n) is 5.07. The van der Waals surface area contributed by atoms with Crippen LogP contribution in [0, 0.1) is 5.92 Å². The molecule has 4 rings (SSSR count). The Morgan fingerprint density at radius 2 is 1.72 bits per heavy atom. The minimum Gasteiger partial charge on any atom is -0.480 e. The van der Waals surface area contributed by atoms with E-state index in [1.807, 2.05) is 12.1 Å². The van der Waals surface area contributed by atoms with Gasteiger partial charge in [-0.25, -0.2) is 13.2 Å². The number of sulfonamides is 1. The molecule has 1 atom stereocenters. The van der Waals surface area contributed by atoms with E-state index in [9.17, 15) is 23.1 Å². The highest BCUT2D eigenvalue weighted by Gasteiger charge is 2.28. The highest BCUT2D eigenvalue weighted by Crippen LogP contribution is 2.35. The maximum atomic E-state index is 12.7. The number of aliphatic carboxylic acids is 1. The number of benzene rings is 2. The van der Waals surface area contributed by atoms with Crippen molar-refractivity contribution >= 4 is 55.2 Å². The summed E-state index contributed by atoms with van der Waals surface area (Å²) in [6.45, 7) is 3.24. The second-order valence-electron chi connectivity index (χ2n) is 7.62. The smallest absolute Gasteiger partial charge is 0.345 e. The maximum Gasteiger partial charge on any atom is 0.345 e. The molecule has 32 heavy (non-hydrogen) atoms. The summed E-state index contributed by atoms with van der Waals surface area (Å²) in [7, 11) is -4.08. The predicted octanol–water partition coefficient (Wildman–Crippen LogP) is 4.40. The summed E-state index contributed by atoms with van der Waals surface area (Å²) in [6, 6.07) is 11.8. The van der Waals surface area contributed by atoms with Crippen LogP contribution >= 0.6 is 11.3 Å². The van der Waals surface area contributed by atoms with Gasteiger partial charge in [-0.3, -0.25) is 4.79 Å². The van der Waals surface area contributed by atoms with E-state index in [0.29, 0.717) is 16.6 Å². The molecule has 0 saturated carbocycles. The number of furan rings is 1. The zero-order chi connectivity index (χ0) is 23.2. The molecule has 166 valence electrons. The molecule has 0 amide bonds. The Hall–Kier alpha value is -3.21. The van der Waals surface area contributed by atoms with Gasteiger partial charge >= 0.3 is 11.9 Å². The van der Waals surface area contributed by atoms with Gasteiger partial charge in [-0.05, 0) is 53.9 Å². The number of hydrogen-bond acceptors (Lipinski definition) is 6. The summed E-state index contributed by atoms with van der Waals surface area (Å²) in [6.07, 6.45) is 0. The first-order valence-corrected chi connectivity index (χ1v) is 11.9. The zero-order valence-corrected chi connectivity index (χ0v) is 18.7. The number of carboxylic acid groups (broad SMARTS) is 2. The molecule has 4 aromatic rings. The van der Waals surface area contributed by atoms with Crippen molar-refractivity contribution < 1.29 is 32.6 Å². The highest BCUT2D eigenvalue weighted by atomic mass is 32.2. The lowest BCUT2D eigenvalue weighted by Crippen LogP contribution is -2.44. The van der Waals surface area contributed by atoms with Gasteiger partial charge in [-0.2, -0.15) is 4.72 Å². The molecule has 0 aliphatic heterocycles. The first-order valence-electron chi connectivity index (χ1n) is 9.62. The van der Waals surface area contributed by atoms with Crippen LogP contribution in [0.3, 0.4) is 0 Å². The molecule has 0 spiro atoms.